The topological polar surface area (TPSA) is 58.2 Å². The lowest BCUT2D eigenvalue weighted by Crippen LogP contribution is -2.43. The summed E-state index contributed by atoms with van der Waals surface area (Å²) in [5.74, 6) is 1.64. The molecule has 1 saturated carbocycles. The van der Waals surface area contributed by atoms with Gasteiger partial charge in [-0.3, -0.25) is 9.89 Å². The fourth-order valence-corrected chi connectivity index (χ4v) is 4.29. The SMILES string of the molecule is CCc1cn[nH]c1C1CCN(C(=O)C2(c3ccc(OC)cc3)CC2)CC1. The molecule has 1 N–H and O–H groups in total. The second-order valence-electron chi connectivity index (χ2n) is 7.54. The number of likely N-dealkylation sites (tertiary alicyclic amines) is 1. The molecule has 1 saturated heterocycles. The molecule has 1 aromatic heterocycles. The Balaban J connectivity index is 1.43. The zero-order chi connectivity index (χ0) is 18.1. The van der Waals surface area contributed by atoms with Crippen molar-refractivity contribution in [1.29, 1.82) is 0 Å². The molecule has 5 nitrogen and oxygen atoms in total. The van der Waals surface area contributed by atoms with Gasteiger partial charge < -0.3 is 9.64 Å². The Morgan fingerprint density at radius 3 is 2.54 bits per heavy atom. The van der Waals surface area contributed by atoms with Gasteiger partial charge in [0.1, 0.15) is 5.75 Å². The number of aromatic nitrogens is 2. The van der Waals surface area contributed by atoms with Crippen molar-refractivity contribution < 1.29 is 9.53 Å². The van der Waals surface area contributed by atoms with Crippen LogP contribution in [0.25, 0.3) is 0 Å². The number of nitrogens with one attached hydrogen (secondary N) is 1. The van der Waals surface area contributed by atoms with Gasteiger partial charge in [0.15, 0.2) is 0 Å². The van der Waals surface area contributed by atoms with E-state index < -0.39 is 0 Å². The van der Waals surface area contributed by atoms with Gasteiger partial charge in [0.25, 0.3) is 0 Å². The summed E-state index contributed by atoms with van der Waals surface area (Å²) < 4.78 is 5.24. The van der Waals surface area contributed by atoms with Crippen LogP contribution in [-0.2, 0) is 16.6 Å². The number of rotatable bonds is 5. The van der Waals surface area contributed by atoms with Gasteiger partial charge in [0.05, 0.1) is 18.7 Å². The Labute approximate surface area is 154 Å². The van der Waals surface area contributed by atoms with Crippen molar-refractivity contribution >= 4 is 5.91 Å². The van der Waals surface area contributed by atoms with Crippen LogP contribution in [-0.4, -0.2) is 41.2 Å². The number of amides is 1. The second-order valence-corrected chi connectivity index (χ2v) is 7.54. The van der Waals surface area contributed by atoms with Crippen molar-refractivity contribution in [2.45, 2.75) is 50.4 Å². The molecule has 0 unspecified atom stereocenters. The van der Waals surface area contributed by atoms with Crippen LogP contribution in [0.15, 0.2) is 30.5 Å². The van der Waals surface area contributed by atoms with Crippen LogP contribution in [0.3, 0.4) is 0 Å². The molecule has 2 fully saturated rings. The first-order valence-electron chi connectivity index (χ1n) is 9.64. The summed E-state index contributed by atoms with van der Waals surface area (Å²) in [5.41, 5.74) is 3.43. The van der Waals surface area contributed by atoms with Gasteiger partial charge in [-0.2, -0.15) is 5.10 Å². The van der Waals surface area contributed by atoms with Crippen LogP contribution < -0.4 is 4.74 Å². The van der Waals surface area contributed by atoms with Crippen LogP contribution in [0, 0.1) is 0 Å². The molecule has 2 aliphatic rings. The number of aryl methyl sites for hydroxylation is 1. The molecule has 1 aliphatic carbocycles. The Bertz CT molecular complexity index is 769. The van der Waals surface area contributed by atoms with Gasteiger partial charge in [-0.25, -0.2) is 0 Å². The molecule has 1 aromatic carbocycles. The summed E-state index contributed by atoms with van der Waals surface area (Å²) in [7, 11) is 1.67. The van der Waals surface area contributed by atoms with Crippen molar-refractivity contribution in [2.24, 2.45) is 0 Å². The molecule has 0 radical (unpaired) electrons. The highest BCUT2D eigenvalue weighted by Gasteiger charge is 2.53. The van der Waals surface area contributed by atoms with E-state index in [0.717, 1.165) is 56.5 Å². The molecular weight excluding hydrogens is 326 g/mol. The Hall–Kier alpha value is -2.30. The van der Waals surface area contributed by atoms with E-state index in [0.29, 0.717) is 11.8 Å². The summed E-state index contributed by atoms with van der Waals surface area (Å²) in [5, 5.41) is 7.39. The number of hydrogen-bond donors (Lipinski definition) is 1. The van der Waals surface area contributed by atoms with Gasteiger partial charge in [0.2, 0.25) is 5.91 Å². The predicted molar refractivity (Wildman–Crippen MR) is 100 cm³/mol. The number of aromatic amines is 1. The predicted octanol–water partition coefficient (Wildman–Crippen LogP) is 3.42. The quantitative estimate of drug-likeness (QED) is 0.896. The molecule has 0 bridgehead atoms. The third-order valence-electron chi connectivity index (χ3n) is 6.12. The summed E-state index contributed by atoms with van der Waals surface area (Å²) in [6.07, 6.45) is 6.89. The van der Waals surface area contributed by atoms with Gasteiger partial charge in [0, 0.05) is 24.7 Å². The van der Waals surface area contributed by atoms with Gasteiger partial charge in [-0.15, -0.1) is 0 Å². The number of hydrogen-bond acceptors (Lipinski definition) is 3. The van der Waals surface area contributed by atoms with E-state index in [2.05, 4.69) is 34.2 Å². The van der Waals surface area contributed by atoms with E-state index in [9.17, 15) is 4.79 Å². The van der Waals surface area contributed by atoms with Gasteiger partial charge in [-0.1, -0.05) is 19.1 Å². The Morgan fingerprint density at radius 2 is 1.96 bits per heavy atom. The minimum absolute atomic E-state index is 0.290. The minimum atomic E-state index is -0.290. The molecule has 0 atom stereocenters. The third-order valence-corrected chi connectivity index (χ3v) is 6.12. The van der Waals surface area contributed by atoms with Crippen molar-refractivity contribution in [3.05, 3.63) is 47.3 Å². The first-order valence-corrected chi connectivity index (χ1v) is 9.64. The summed E-state index contributed by atoms with van der Waals surface area (Å²) in [6.45, 7) is 3.84. The second kappa shape index (κ2) is 6.78. The summed E-state index contributed by atoms with van der Waals surface area (Å²) in [4.78, 5) is 15.3. The highest BCUT2D eigenvalue weighted by atomic mass is 16.5. The van der Waals surface area contributed by atoms with Gasteiger partial charge >= 0.3 is 0 Å². The molecule has 1 aliphatic heterocycles. The maximum atomic E-state index is 13.2. The smallest absolute Gasteiger partial charge is 0.233 e. The number of H-pyrrole nitrogens is 1. The largest absolute Gasteiger partial charge is 0.497 e. The number of carbonyl (C=O) groups is 1. The van der Waals surface area contributed by atoms with Crippen LogP contribution in [0.1, 0.15) is 55.3 Å². The van der Waals surface area contributed by atoms with E-state index in [1.54, 1.807) is 7.11 Å². The summed E-state index contributed by atoms with van der Waals surface area (Å²) >= 11 is 0. The lowest BCUT2D eigenvalue weighted by atomic mass is 9.88. The van der Waals surface area contributed by atoms with Crippen LogP contribution in [0.5, 0.6) is 5.75 Å². The maximum Gasteiger partial charge on any atom is 0.233 e. The number of ether oxygens (including phenoxy) is 1. The van der Waals surface area contributed by atoms with E-state index >= 15 is 0 Å². The van der Waals surface area contributed by atoms with E-state index in [1.165, 1.54) is 11.3 Å². The van der Waals surface area contributed by atoms with E-state index in [1.807, 2.05) is 18.3 Å². The number of benzene rings is 1. The zero-order valence-electron chi connectivity index (χ0n) is 15.6. The van der Waals surface area contributed by atoms with Crippen molar-refractivity contribution in [1.82, 2.24) is 15.1 Å². The zero-order valence-corrected chi connectivity index (χ0v) is 15.6. The summed E-state index contributed by atoms with van der Waals surface area (Å²) in [6, 6.07) is 8.02. The molecule has 4 rings (SSSR count). The number of piperidine rings is 1. The monoisotopic (exact) mass is 353 g/mol. The van der Waals surface area contributed by atoms with Crippen LogP contribution >= 0.6 is 0 Å². The lowest BCUT2D eigenvalue weighted by Gasteiger charge is -2.34. The molecular formula is C21H27N3O2. The van der Waals surface area contributed by atoms with Crippen LogP contribution in [0.4, 0.5) is 0 Å². The highest BCUT2D eigenvalue weighted by molar-refractivity contribution is 5.91. The molecule has 2 heterocycles. The average molecular weight is 353 g/mol. The van der Waals surface area contributed by atoms with E-state index in [4.69, 9.17) is 4.74 Å². The molecule has 5 heteroatoms. The molecule has 1 amide bonds. The van der Waals surface area contributed by atoms with E-state index in [-0.39, 0.29) is 5.41 Å². The van der Waals surface area contributed by atoms with Crippen molar-refractivity contribution in [3.63, 3.8) is 0 Å². The first-order chi connectivity index (χ1) is 12.7. The molecule has 0 spiro atoms. The fourth-order valence-electron chi connectivity index (χ4n) is 4.29. The highest BCUT2D eigenvalue weighted by Crippen LogP contribution is 2.50. The maximum absolute atomic E-state index is 13.2. The molecule has 138 valence electrons. The normalized spacial score (nSPS) is 19.4. The Morgan fingerprint density at radius 1 is 1.27 bits per heavy atom. The average Bonchev–Trinajstić information content (AvgIpc) is 3.37. The molecule has 2 aromatic rings. The van der Waals surface area contributed by atoms with Crippen LogP contribution in [0.2, 0.25) is 0 Å². The third kappa shape index (κ3) is 2.89. The fraction of sp³-hybridized carbons (Fsp3) is 0.524. The minimum Gasteiger partial charge on any atom is -0.497 e. The lowest BCUT2D eigenvalue weighted by molar-refractivity contribution is -0.135. The Kier molecular flexibility index (Phi) is 4.47. The van der Waals surface area contributed by atoms with Crippen molar-refractivity contribution in [2.75, 3.05) is 20.2 Å². The number of methoxy groups -OCH3 is 1. The van der Waals surface area contributed by atoms with Crippen molar-refractivity contribution in [3.8, 4) is 5.75 Å². The first kappa shape index (κ1) is 17.1. The van der Waals surface area contributed by atoms with Gasteiger partial charge in [-0.05, 0) is 55.4 Å². The number of nitrogens with zero attached hydrogens (tertiary/aromatic N) is 2. The standard InChI is InChI=1S/C21H27N3O2/c1-3-15-14-22-23-19(15)16-8-12-24(13-9-16)20(25)21(10-11-21)17-4-6-18(26-2)7-5-17/h4-7,14,16H,3,8-13H2,1-2H3,(H,22,23). The number of carbonyl (C=O) groups excluding carboxylic acids is 1. The molecule has 26 heavy (non-hydrogen) atoms.